The largest absolute Gasteiger partial charge is 0.486 e. The molecule has 1 aliphatic heterocycles. The van der Waals surface area contributed by atoms with Crippen LogP contribution in [0.1, 0.15) is 16.1 Å². The van der Waals surface area contributed by atoms with E-state index in [-0.39, 0.29) is 18.3 Å². The van der Waals surface area contributed by atoms with Crippen LogP contribution in [0.5, 0.6) is 11.5 Å². The molecule has 4 rings (SSSR count). The van der Waals surface area contributed by atoms with Gasteiger partial charge in [0.25, 0.3) is 5.91 Å². The normalized spacial score (nSPS) is 12.8. The lowest BCUT2D eigenvalue weighted by Crippen LogP contribution is -2.32. The van der Waals surface area contributed by atoms with Crippen LogP contribution in [0.2, 0.25) is 0 Å². The third-order valence-electron chi connectivity index (χ3n) is 4.24. The average molecular weight is 440 g/mol. The number of fused-ring (bicyclic) bond motifs is 2. The summed E-state index contributed by atoms with van der Waals surface area (Å²) in [7, 11) is 4.07. The highest BCUT2D eigenvalue weighted by Crippen LogP contribution is 2.39. The quantitative estimate of drug-likeness (QED) is 0.577. The Morgan fingerprint density at radius 1 is 1.18 bits per heavy atom. The van der Waals surface area contributed by atoms with E-state index >= 15 is 0 Å². The molecule has 0 saturated heterocycles. The van der Waals surface area contributed by atoms with E-state index < -0.39 is 0 Å². The Kier molecular flexibility index (Phi) is 6.77. The lowest BCUT2D eigenvalue weighted by Gasteiger charge is -2.20. The number of halogens is 1. The molecular weight excluding hydrogens is 418 g/mol. The standard InChI is InChI=1S/C19H21N3O3S2.ClH/c1-21(2)6-4-7-22(18(23)16-5-3-10-26-16)19-20-13-11-14-15(12-17(13)27-19)25-9-8-24-14;/h3,5,10-12H,4,6-9H2,1-2H3;1H. The fourth-order valence-electron chi connectivity index (χ4n) is 2.93. The number of amides is 1. The van der Waals surface area contributed by atoms with Crippen LogP contribution in [0.25, 0.3) is 10.2 Å². The molecule has 3 aromatic rings. The van der Waals surface area contributed by atoms with Gasteiger partial charge in [-0.25, -0.2) is 4.98 Å². The van der Waals surface area contributed by atoms with Crippen LogP contribution in [-0.4, -0.2) is 56.2 Å². The Bertz CT molecular complexity index is 900. The number of anilines is 1. The van der Waals surface area contributed by atoms with Crippen LogP contribution in [0, 0.1) is 0 Å². The van der Waals surface area contributed by atoms with Gasteiger partial charge in [-0.15, -0.1) is 23.7 Å². The molecule has 3 heterocycles. The maximum atomic E-state index is 13.1. The monoisotopic (exact) mass is 439 g/mol. The Hall–Kier alpha value is -1.87. The van der Waals surface area contributed by atoms with E-state index in [4.69, 9.17) is 14.5 Å². The number of hydrogen-bond acceptors (Lipinski definition) is 7. The second kappa shape index (κ2) is 9.09. The van der Waals surface area contributed by atoms with E-state index in [9.17, 15) is 4.79 Å². The van der Waals surface area contributed by atoms with Crippen molar-refractivity contribution < 1.29 is 14.3 Å². The topological polar surface area (TPSA) is 54.9 Å². The molecule has 9 heteroatoms. The molecule has 1 aromatic carbocycles. The number of carbonyl (C=O) groups excluding carboxylic acids is 1. The first-order chi connectivity index (χ1) is 13.1. The molecule has 0 spiro atoms. The summed E-state index contributed by atoms with van der Waals surface area (Å²) >= 11 is 2.97. The molecule has 0 atom stereocenters. The Balaban J connectivity index is 0.00000225. The average Bonchev–Trinajstić information content (AvgIpc) is 3.32. The molecule has 150 valence electrons. The molecular formula is C19H22ClN3O3S2. The fraction of sp³-hybridized carbons (Fsp3) is 0.368. The van der Waals surface area contributed by atoms with Crippen LogP contribution >= 0.6 is 35.1 Å². The molecule has 1 amide bonds. The second-order valence-electron chi connectivity index (χ2n) is 6.55. The van der Waals surface area contributed by atoms with Crippen molar-refractivity contribution in [1.29, 1.82) is 0 Å². The summed E-state index contributed by atoms with van der Waals surface area (Å²) in [4.78, 5) is 22.4. The molecule has 0 saturated carbocycles. The minimum absolute atomic E-state index is 0. The van der Waals surface area contributed by atoms with Gasteiger partial charge in [-0.05, 0) is 38.5 Å². The Morgan fingerprint density at radius 2 is 1.93 bits per heavy atom. The number of aromatic nitrogens is 1. The van der Waals surface area contributed by atoms with E-state index in [1.54, 1.807) is 4.90 Å². The van der Waals surface area contributed by atoms with Crippen molar-refractivity contribution in [2.45, 2.75) is 6.42 Å². The number of thiazole rings is 1. The van der Waals surface area contributed by atoms with E-state index in [0.29, 0.717) is 30.6 Å². The predicted octanol–water partition coefficient (Wildman–Crippen LogP) is 4.15. The predicted molar refractivity (Wildman–Crippen MR) is 117 cm³/mol. The van der Waals surface area contributed by atoms with Crippen molar-refractivity contribution in [3.63, 3.8) is 0 Å². The summed E-state index contributed by atoms with van der Waals surface area (Å²) in [6.07, 6.45) is 0.878. The maximum absolute atomic E-state index is 13.1. The van der Waals surface area contributed by atoms with Crippen molar-refractivity contribution in [3.8, 4) is 11.5 Å². The molecule has 0 fully saturated rings. The van der Waals surface area contributed by atoms with Gasteiger partial charge in [-0.1, -0.05) is 17.4 Å². The number of hydrogen-bond donors (Lipinski definition) is 0. The Morgan fingerprint density at radius 3 is 2.61 bits per heavy atom. The highest BCUT2D eigenvalue weighted by molar-refractivity contribution is 7.22. The van der Waals surface area contributed by atoms with Gasteiger partial charge in [-0.2, -0.15) is 0 Å². The van der Waals surface area contributed by atoms with E-state index in [2.05, 4.69) is 4.90 Å². The first-order valence-electron chi connectivity index (χ1n) is 8.82. The fourth-order valence-corrected chi connectivity index (χ4v) is 4.60. The van der Waals surface area contributed by atoms with Crippen molar-refractivity contribution >= 4 is 56.3 Å². The van der Waals surface area contributed by atoms with Crippen LogP contribution in [0.3, 0.4) is 0 Å². The van der Waals surface area contributed by atoms with Crippen molar-refractivity contribution in [3.05, 3.63) is 34.5 Å². The third kappa shape index (κ3) is 4.41. The molecule has 2 aromatic heterocycles. The minimum Gasteiger partial charge on any atom is -0.486 e. The maximum Gasteiger partial charge on any atom is 0.270 e. The summed E-state index contributed by atoms with van der Waals surface area (Å²) in [6.45, 7) is 2.64. The number of rotatable bonds is 6. The van der Waals surface area contributed by atoms with E-state index in [1.165, 1.54) is 22.7 Å². The van der Waals surface area contributed by atoms with Gasteiger partial charge in [-0.3, -0.25) is 9.69 Å². The number of thiophene rings is 1. The van der Waals surface area contributed by atoms with Gasteiger partial charge < -0.3 is 14.4 Å². The summed E-state index contributed by atoms with van der Waals surface area (Å²) in [5, 5.41) is 2.64. The molecule has 0 N–H and O–H groups in total. The van der Waals surface area contributed by atoms with Gasteiger partial charge in [0, 0.05) is 18.7 Å². The molecule has 0 aliphatic carbocycles. The molecule has 0 radical (unpaired) electrons. The van der Waals surface area contributed by atoms with Crippen molar-refractivity contribution in [2.24, 2.45) is 0 Å². The van der Waals surface area contributed by atoms with E-state index in [1.807, 2.05) is 43.7 Å². The number of nitrogens with zero attached hydrogens (tertiary/aromatic N) is 3. The zero-order valence-corrected chi connectivity index (χ0v) is 18.2. The molecule has 0 unspecified atom stereocenters. The lowest BCUT2D eigenvalue weighted by molar-refractivity contribution is 0.0990. The molecule has 6 nitrogen and oxygen atoms in total. The van der Waals surface area contributed by atoms with Gasteiger partial charge in [0.2, 0.25) is 0 Å². The molecule has 28 heavy (non-hydrogen) atoms. The summed E-state index contributed by atoms with van der Waals surface area (Å²) in [6, 6.07) is 7.62. The van der Waals surface area contributed by atoms with Crippen LogP contribution in [-0.2, 0) is 0 Å². The first-order valence-corrected chi connectivity index (χ1v) is 10.5. The SMILES string of the molecule is CN(C)CCCN(C(=O)c1cccs1)c1nc2cc3c(cc2s1)OCCO3.Cl. The second-order valence-corrected chi connectivity index (χ2v) is 8.51. The summed E-state index contributed by atoms with van der Waals surface area (Å²) in [5.74, 6) is 1.46. The van der Waals surface area contributed by atoms with Crippen LogP contribution in [0.15, 0.2) is 29.6 Å². The number of carbonyl (C=O) groups is 1. The highest BCUT2D eigenvalue weighted by Gasteiger charge is 2.23. The number of benzene rings is 1. The first kappa shape index (κ1) is 20.9. The molecule has 0 bridgehead atoms. The number of ether oxygens (including phenoxy) is 2. The van der Waals surface area contributed by atoms with Crippen molar-refractivity contribution in [1.82, 2.24) is 9.88 Å². The van der Waals surface area contributed by atoms with Gasteiger partial charge in [0.1, 0.15) is 13.2 Å². The van der Waals surface area contributed by atoms with Crippen LogP contribution < -0.4 is 14.4 Å². The minimum atomic E-state index is 0. The van der Waals surface area contributed by atoms with Crippen LogP contribution in [0.4, 0.5) is 5.13 Å². The van der Waals surface area contributed by atoms with Gasteiger partial charge in [0.15, 0.2) is 16.6 Å². The summed E-state index contributed by atoms with van der Waals surface area (Å²) in [5.41, 5.74) is 0.829. The molecule has 1 aliphatic rings. The summed E-state index contributed by atoms with van der Waals surface area (Å²) < 4.78 is 12.3. The van der Waals surface area contributed by atoms with E-state index in [0.717, 1.165) is 33.8 Å². The van der Waals surface area contributed by atoms with Crippen molar-refractivity contribution in [2.75, 3.05) is 45.3 Å². The third-order valence-corrected chi connectivity index (χ3v) is 6.14. The zero-order chi connectivity index (χ0) is 18.8. The lowest BCUT2D eigenvalue weighted by atomic mass is 10.3. The zero-order valence-electron chi connectivity index (χ0n) is 15.7. The highest BCUT2D eigenvalue weighted by atomic mass is 35.5. The van der Waals surface area contributed by atoms with Gasteiger partial charge >= 0.3 is 0 Å². The van der Waals surface area contributed by atoms with Gasteiger partial charge in [0.05, 0.1) is 15.1 Å². The Labute approximate surface area is 178 Å². The smallest absolute Gasteiger partial charge is 0.270 e.